The molecule has 0 saturated carbocycles. The normalized spacial score (nSPS) is 22.5. The van der Waals surface area contributed by atoms with E-state index in [0.717, 1.165) is 70.1 Å². The molecule has 0 amide bonds. The molecule has 0 aromatic carbocycles. The smallest absolute Gasteiger partial charge is 0.212 e. The first-order valence-corrected chi connectivity index (χ1v) is 15.3. The summed E-state index contributed by atoms with van der Waals surface area (Å²) in [6, 6.07) is 9.16. The molecule has 9 rings (SSSR count). The van der Waals surface area contributed by atoms with Crippen molar-refractivity contribution in [1.29, 1.82) is 5.26 Å². The van der Waals surface area contributed by atoms with Crippen LogP contribution in [-0.2, 0) is 11.3 Å². The summed E-state index contributed by atoms with van der Waals surface area (Å²) in [6.45, 7) is 6.93. The number of piperazine rings is 1. The highest BCUT2D eigenvalue weighted by atomic mass is 16.5. The first-order chi connectivity index (χ1) is 21.6. The molecular weight excluding hydrogens is 558 g/mol. The number of pyridine rings is 2. The molecule has 0 radical (unpaired) electrons. The van der Waals surface area contributed by atoms with Gasteiger partial charge in [0.2, 0.25) is 5.88 Å². The molecule has 1 spiro atoms. The number of hydrogen-bond acceptors (Lipinski definition) is 11. The topological polar surface area (TPSA) is 117 Å². The predicted molar refractivity (Wildman–Crippen MR) is 162 cm³/mol. The number of hydrogen-bond donors (Lipinski definition) is 0. The summed E-state index contributed by atoms with van der Waals surface area (Å²) in [5.41, 5.74) is 3.93. The minimum Gasteiger partial charge on any atom is -0.491 e. The summed E-state index contributed by atoms with van der Waals surface area (Å²) in [6.07, 6.45) is 12.5. The molecular formula is C32H35N9O3. The van der Waals surface area contributed by atoms with Crippen LogP contribution in [0.3, 0.4) is 0 Å². The molecule has 2 unspecified atom stereocenters. The average Bonchev–Trinajstić information content (AvgIpc) is 3.71. The molecule has 0 N–H and O–H groups in total. The molecule has 9 heterocycles. The number of methoxy groups -OCH3 is 1. The van der Waals surface area contributed by atoms with Crippen molar-refractivity contribution in [1.82, 2.24) is 34.4 Å². The highest BCUT2D eigenvalue weighted by Gasteiger charge is 2.46. The van der Waals surface area contributed by atoms with Gasteiger partial charge in [-0.1, -0.05) is 6.07 Å². The third kappa shape index (κ3) is 4.91. The van der Waals surface area contributed by atoms with Crippen LogP contribution in [0.4, 0.5) is 5.82 Å². The van der Waals surface area contributed by atoms with Crippen molar-refractivity contribution in [3.8, 4) is 29.0 Å². The van der Waals surface area contributed by atoms with Crippen LogP contribution in [0.5, 0.6) is 11.6 Å². The molecule has 12 nitrogen and oxygen atoms in total. The second kappa shape index (κ2) is 11.0. The van der Waals surface area contributed by atoms with E-state index < -0.39 is 0 Å². The van der Waals surface area contributed by atoms with E-state index in [0.29, 0.717) is 47.1 Å². The molecule has 5 aliphatic heterocycles. The zero-order valence-electron chi connectivity index (χ0n) is 24.8. The molecule has 5 aliphatic rings. The molecule has 2 atom stereocenters. The molecule has 5 fully saturated rings. The zero-order chi connectivity index (χ0) is 29.7. The van der Waals surface area contributed by atoms with Gasteiger partial charge in [-0.05, 0) is 30.9 Å². The Labute approximate surface area is 255 Å². The van der Waals surface area contributed by atoms with Gasteiger partial charge in [0.05, 0.1) is 54.3 Å². The minimum absolute atomic E-state index is 0.0860. The van der Waals surface area contributed by atoms with Crippen molar-refractivity contribution < 1.29 is 14.2 Å². The Hall–Kier alpha value is -4.31. The highest BCUT2D eigenvalue weighted by Crippen LogP contribution is 2.37. The number of nitrogens with zero attached hydrogens (tertiary/aromatic N) is 9. The van der Waals surface area contributed by atoms with Gasteiger partial charge in [-0.2, -0.15) is 10.4 Å². The Kier molecular flexibility index (Phi) is 6.81. The quantitative estimate of drug-likeness (QED) is 0.285. The molecule has 226 valence electrons. The van der Waals surface area contributed by atoms with E-state index in [1.54, 1.807) is 24.0 Å². The maximum absolute atomic E-state index is 9.76. The molecule has 4 aromatic heterocycles. The largest absolute Gasteiger partial charge is 0.491 e. The van der Waals surface area contributed by atoms with Crippen LogP contribution in [0.15, 0.2) is 49.2 Å². The Bertz CT molecular complexity index is 1680. The van der Waals surface area contributed by atoms with Gasteiger partial charge in [0.1, 0.15) is 24.2 Å². The van der Waals surface area contributed by atoms with Crippen LogP contribution in [0.1, 0.15) is 30.4 Å². The summed E-state index contributed by atoms with van der Waals surface area (Å²) in [7, 11) is 1.63. The van der Waals surface area contributed by atoms with E-state index in [9.17, 15) is 5.26 Å². The van der Waals surface area contributed by atoms with Crippen molar-refractivity contribution in [3.05, 3.63) is 60.3 Å². The number of nitriles is 1. The first-order valence-electron chi connectivity index (χ1n) is 15.3. The fourth-order valence-electron chi connectivity index (χ4n) is 7.27. The number of fused-ring (bicyclic) bond motifs is 3. The Morgan fingerprint density at radius 2 is 1.98 bits per heavy atom. The van der Waals surface area contributed by atoms with E-state index in [-0.39, 0.29) is 5.60 Å². The Morgan fingerprint density at radius 3 is 2.68 bits per heavy atom. The third-order valence-electron chi connectivity index (χ3n) is 9.55. The number of ether oxygens (including phenoxy) is 3. The van der Waals surface area contributed by atoms with Gasteiger partial charge < -0.3 is 19.1 Å². The van der Waals surface area contributed by atoms with Gasteiger partial charge in [-0.25, -0.2) is 14.5 Å². The lowest BCUT2D eigenvalue weighted by molar-refractivity contribution is -0.113. The van der Waals surface area contributed by atoms with Gasteiger partial charge in [0.15, 0.2) is 0 Å². The molecule has 5 saturated heterocycles. The van der Waals surface area contributed by atoms with Gasteiger partial charge in [0, 0.05) is 75.8 Å². The first kappa shape index (κ1) is 27.3. The number of anilines is 1. The lowest BCUT2D eigenvalue weighted by Crippen LogP contribution is -2.68. The van der Waals surface area contributed by atoms with E-state index in [2.05, 4.69) is 36.9 Å². The fraction of sp³-hybridized carbons (Fsp3) is 0.469. The standard InChI is InChI=1S/C32H35N9O3/c1-42-30-4-3-22(12-36-30)16-40-24-9-25(40)18-39(17-24)29-15-34-28(14-35-29)27-10-26(19-41-31(27)23(11-33)13-37-41)43-8-6-38-20-32(21-38)5-2-7-44-32/h3-4,10,12-15,19,24-25H,2,5-9,16-18,20-21H2,1H3. The van der Waals surface area contributed by atoms with Gasteiger partial charge >= 0.3 is 0 Å². The zero-order valence-corrected chi connectivity index (χ0v) is 24.8. The number of rotatable bonds is 9. The lowest BCUT2D eigenvalue weighted by Gasteiger charge is -2.56. The maximum Gasteiger partial charge on any atom is 0.212 e. The summed E-state index contributed by atoms with van der Waals surface area (Å²) in [4.78, 5) is 21.2. The lowest BCUT2D eigenvalue weighted by atomic mass is 9.87. The van der Waals surface area contributed by atoms with Crippen LogP contribution in [0.25, 0.3) is 16.8 Å². The van der Waals surface area contributed by atoms with E-state index >= 15 is 0 Å². The van der Waals surface area contributed by atoms with E-state index in [1.807, 2.05) is 30.7 Å². The minimum atomic E-state index is 0.0860. The Balaban J connectivity index is 0.942. The van der Waals surface area contributed by atoms with Crippen LogP contribution in [-0.4, -0.2) is 105 Å². The number of likely N-dealkylation sites (tertiary alicyclic amines) is 1. The van der Waals surface area contributed by atoms with Crippen molar-refractivity contribution in [2.75, 3.05) is 57.9 Å². The fourth-order valence-corrected chi connectivity index (χ4v) is 7.27. The molecule has 12 heteroatoms. The average molecular weight is 594 g/mol. The van der Waals surface area contributed by atoms with Crippen molar-refractivity contribution in [3.63, 3.8) is 0 Å². The van der Waals surface area contributed by atoms with Crippen LogP contribution in [0.2, 0.25) is 0 Å². The van der Waals surface area contributed by atoms with Crippen LogP contribution >= 0.6 is 0 Å². The molecule has 0 aliphatic carbocycles. The molecule has 4 aromatic rings. The summed E-state index contributed by atoms with van der Waals surface area (Å²) < 4.78 is 19.0. The predicted octanol–water partition coefficient (Wildman–Crippen LogP) is 2.77. The Morgan fingerprint density at radius 1 is 1.09 bits per heavy atom. The summed E-state index contributed by atoms with van der Waals surface area (Å²) in [5, 5.41) is 14.2. The summed E-state index contributed by atoms with van der Waals surface area (Å²) >= 11 is 0. The molecule has 44 heavy (non-hydrogen) atoms. The second-order valence-electron chi connectivity index (χ2n) is 12.3. The summed E-state index contributed by atoms with van der Waals surface area (Å²) in [5.74, 6) is 2.18. The molecule has 2 bridgehead atoms. The monoisotopic (exact) mass is 593 g/mol. The van der Waals surface area contributed by atoms with Crippen molar-refractivity contribution in [2.24, 2.45) is 0 Å². The number of piperidine rings is 1. The van der Waals surface area contributed by atoms with Crippen LogP contribution < -0.4 is 14.4 Å². The highest BCUT2D eigenvalue weighted by molar-refractivity contribution is 5.83. The van der Waals surface area contributed by atoms with Gasteiger partial charge in [0.25, 0.3) is 0 Å². The van der Waals surface area contributed by atoms with Crippen LogP contribution in [0, 0.1) is 11.3 Å². The van der Waals surface area contributed by atoms with Crippen molar-refractivity contribution >= 4 is 11.3 Å². The van der Waals surface area contributed by atoms with E-state index in [1.165, 1.54) is 12.0 Å². The van der Waals surface area contributed by atoms with Crippen molar-refractivity contribution in [2.45, 2.75) is 43.5 Å². The number of aromatic nitrogens is 5. The third-order valence-corrected chi connectivity index (χ3v) is 9.55. The second-order valence-corrected chi connectivity index (χ2v) is 12.3. The van der Waals surface area contributed by atoms with E-state index in [4.69, 9.17) is 24.2 Å². The maximum atomic E-state index is 9.76. The van der Waals surface area contributed by atoms with Gasteiger partial charge in [-0.3, -0.25) is 14.8 Å². The SMILES string of the molecule is COc1ccc(CN2C3CC2CN(c2cnc(-c4cc(OCCN5CC6(CCCO6)C5)cn5ncc(C#N)c45)cn2)C3)cn1. The van der Waals surface area contributed by atoms with Gasteiger partial charge in [-0.15, -0.1) is 0 Å².